The summed E-state index contributed by atoms with van der Waals surface area (Å²) < 4.78 is 10.0. The molecule has 0 amide bonds. The standard InChI is InChI=1S/C27H36O4/c1-9-21(16-19-26(5,6)22-14-11-10-12-15-22)20-27(23(28)30-7,24(29)31-8)18-13-17-25(2,3)4/h10-12,14-15,19H,9,18,20H2,1-8H3. The number of methoxy groups -OCH3 is 2. The van der Waals surface area contributed by atoms with E-state index in [9.17, 15) is 9.59 Å². The van der Waals surface area contributed by atoms with Gasteiger partial charge in [0.2, 0.25) is 0 Å². The van der Waals surface area contributed by atoms with Gasteiger partial charge in [0.25, 0.3) is 0 Å². The molecule has 0 bridgehead atoms. The molecule has 1 aromatic rings. The van der Waals surface area contributed by atoms with E-state index in [4.69, 9.17) is 9.47 Å². The van der Waals surface area contributed by atoms with Gasteiger partial charge < -0.3 is 9.47 Å². The summed E-state index contributed by atoms with van der Waals surface area (Å²) >= 11 is 0. The summed E-state index contributed by atoms with van der Waals surface area (Å²) in [5.41, 5.74) is 3.31. The number of esters is 2. The Hall–Kier alpha value is -2.76. The summed E-state index contributed by atoms with van der Waals surface area (Å²) in [6, 6.07) is 10.1. The third-order valence-electron chi connectivity index (χ3n) is 5.10. The Balaban J connectivity index is 3.46. The van der Waals surface area contributed by atoms with Gasteiger partial charge in [-0.15, -0.1) is 11.7 Å². The molecule has 4 heteroatoms. The third kappa shape index (κ3) is 7.46. The molecule has 1 rings (SSSR count). The summed E-state index contributed by atoms with van der Waals surface area (Å²) in [7, 11) is 2.56. The summed E-state index contributed by atoms with van der Waals surface area (Å²) in [6.07, 6.45) is 2.78. The quantitative estimate of drug-likeness (QED) is 0.235. The SMILES string of the molecule is CCC(=C=CC(C)(C)c1ccccc1)CC(CC#CC(C)(C)C)(C(=O)OC)C(=O)OC. The first-order valence-corrected chi connectivity index (χ1v) is 10.6. The minimum Gasteiger partial charge on any atom is -0.468 e. The Kier molecular flexibility index (Phi) is 9.35. The molecule has 0 saturated heterocycles. The van der Waals surface area contributed by atoms with Crippen molar-refractivity contribution < 1.29 is 19.1 Å². The highest BCUT2D eigenvalue weighted by atomic mass is 16.5. The van der Waals surface area contributed by atoms with E-state index < -0.39 is 17.4 Å². The first-order valence-electron chi connectivity index (χ1n) is 10.6. The minimum absolute atomic E-state index is 0.0247. The third-order valence-corrected chi connectivity index (χ3v) is 5.10. The summed E-state index contributed by atoms with van der Waals surface area (Å²) in [5, 5.41) is 0. The molecule has 0 fully saturated rings. The molecule has 4 nitrogen and oxygen atoms in total. The van der Waals surface area contributed by atoms with Crippen molar-refractivity contribution in [2.75, 3.05) is 14.2 Å². The largest absolute Gasteiger partial charge is 0.468 e. The van der Waals surface area contributed by atoms with Crippen LogP contribution in [0.4, 0.5) is 0 Å². The van der Waals surface area contributed by atoms with Gasteiger partial charge in [-0.2, -0.15) is 0 Å². The number of hydrogen-bond acceptors (Lipinski definition) is 4. The van der Waals surface area contributed by atoms with E-state index in [1.54, 1.807) is 0 Å². The molecule has 31 heavy (non-hydrogen) atoms. The maximum absolute atomic E-state index is 12.8. The second-order valence-corrected chi connectivity index (χ2v) is 9.30. The molecule has 0 unspecified atom stereocenters. The number of hydrogen-bond donors (Lipinski definition) is 0. The zero-order valence-corrected chi connectivity index (χ0v) is 20.2. The molecule has 0 atom stereocenters. The number of carbonyl (C=O) groups is 2. The van der Waals surface area contributed by atoms with Crippen molar-refractivity contribution in [1.82, 2.24) is 0 Å². The van der Waals surface area contributed by atoms with Crippen LogP contribution in [0.5, 0.6) is 0 Å². The van der Waals surface area contributed by atoms with Crippen molar-refractivity contribution in [2.45, 2.75) is 66.2 Å². The molecule has 1 aromatic carbocycles. The van der Waals surface area contributed by atoms with Crippen molar-refractivity contribution in [3.8, 4) is 11.8 Å². The maximum atomic E-state index is 12.8. The van der Waals surface area contributed by atoms with Gasteiger partial charge in [-0.05, 0) is 44.4 Å². The van der Waals surface area contributed by atoms with E-state index in [2.05, 4.69) is 43.6 Å². The monoisotopic (exact) mass is 424 g/mol. The Morgan fingerprint density at radius 3 is 1.97 bits per heavy atom. The van der Waals surface area contributed by atoms with Gasteiger partial charge in [0.1, 0.15) is 0 Å². The van der Waals surface area contributed by atoms with E-state index in [1.807, 2.05) is 52.0 Å². The summed E-state index contributed by atoms with van der Waals surface area (Å²) in [4.78, 5) is 25.6. The first-order chi connectivity index (χ1) is 14.4. The Bertz CT molecular complexity index is 867. The number of rotatable bonds is 8. The average molecular weight is 425 g/mol. The molecular weight excluding hydrogens is 388 g/mol. The highest BCUT2D eigenvalue weighted by molar-refractivity contribution is 6.00. The number of ether oxygens (including phenoxy) is 2. The van der Waals surface area contributed by atoms with Crippen LogP contribution in [0.15, 0.2) is 47.7 Å². The van der Waals surface area contributed by atoms with Crippen molar-refractivity contribution in [2.24, 2.45) is 10.8 Å². The van der Waals surface area contributed by atoms with Crippen LogP contribution < -0.4 is 0 Å². The Morgan fingerprint density at radius 2 is 1.52 bits per heavy atom. The predicted octanol–water partition coefficient (Wildman–Crippen LogP) is 5.62. The van der Waals surface area contributed by atoms with Crippen LogP contribution in [-0.2, 0) is 24.5 Å². The van der Waals surface area contributed by atoms with E-state index in [-0.39, 0.29) is 23.7 Å². The molecule has 0 N–H and O–H groups in total. The van der Waals surface area contributed by atoms with Crippen LogP contribution >= 0.6 is 0 Å². The molecule has 0 radical (unpaired) electrons. The lowest BCUT2D eigenvalue weighted by Crippen LogP contribution is -2.41. The topological polar surface area (TPSA) is 52.6 Å². The lowest BCUT2D eigenvalue weighted by atomic mass is 9.77. The molecule has 0 aliphatic heterocycles. The lowest BCUT2D eigenvalue weighted by Gasteiger charge is -2.27. The van der Waals surface area contributed by atoms with E-state index in [0.717, 1.165) is 11.1 Å². The highest BCUT2D eigenvalue weighted by Gasteiger charge is 2.48. The second kappa shape index (κ2) is 11.0. The van der Waals surface area contributed by atoms with Gasteiger partial charge in [0.05, 0.1) is 14.2 Å². The van der Waals surface area contributed by atoms with Crippen LogP contribution in [0.25, 0.3) is 0 Å². The molecule has 0 heterocycles. The fourth-order valence-electron chi connectivity index (χ4n) is 3.16. The van der Waals surface area contributed by atoms with Crippen molar-refractivity contribution in [1.29, 1.82) is 0 Å². The van der Waals surface area contributed by atoms with Crippen molar-refractivity contribution >= 4 is 11.9 Å². The number of benzene rings is 1. The van der Waals surface area contributed by atoms with E-state index >= 15 is 0 Å². The smallest absolute Gasteiger partial charge is 0.324 e. The second-order valence-electron chi connectivity index (χ2n) is 9.30. The fourth-order valence-corrected chi connectivity index (χ4v) is 3.16. The van der Waals surface area contributed by atoms with Crippen LogP contribution in [0.3, 0.4) is 0 Å². The summed E-state index contributed by atoms with van der Waals surface area (Å²) in [6.45, 7) is 12.1. The van der Waals surface area contributed by atoms with E-state index in [1.165, 1.54) is 14.2 Å². The highest BCUT2D eigenvalue weighted by Crippen LogP contribution is 2.35. The van der Waals surface area contributed by atoms with Gasteiger partial charge >= 0.3 is 11.9 Å². The fraction of sp³-hybridized carbons (Fsp3) is 0.519. The zero-order chi connectivity index (χ0) is 23.7. The summed E-state index contributed by atoms with van der Waals surface area (Å²) in [5.74, 6) is 4.84. The van der Waals surface area contributed by atoms with Crippen LogP contribution in [0.2, 0.25) is 0 Å². The van der Waals surface area contributed by atoms with Crippen LogP contribution in [0, 0.1) is 22.7 Å². The number of allylic oxidation sites excluding steroid dienone is 1. The minimum atomic E-state index is -1.52. The van der Waals surface area contributed by atoms with Crippen molar-refractivity contribution in [3.63, 3.8) is 0 Å². The zero-order valence-electron chi connectivity index (χ0n) is 20.2. The molecule has 0 spiro atoms. The molecule has 0 aliphatic carbocycles. The van der Waals surface area contributed by atoms with Gasteiger partial charge in [-0.25, -0.2) is 0 Å². The molecular formula is C27H36O4. The van der Waals surface area contributed by atoms with Gasteiger partial charge in [-0.3, -0.25) is 9.59 Å². The first kappa shape index (κ1) is 26.3. The van der Waals surface area contributed by atoms with Crippen LogP contribution in [-0.4, -0.2) is 26.2 Å². The maximum Gasteiger partial charge on any atom is 0.324 e. The van der Waals surface area contributed by atoms with Gasteiger partial charge in [0, 0.05) is 23.7 Å². The molecule has 0 aliphatic rings. The van der Waals surface area contributed by atoms with Crippen molar-refractivity contribution in [3.05, 3.63) is 53.3 Å². The van der Waals surface area contributed by atoms with E-state index in [0.29, 0.717) is 6.42 Å². The normalized spacial score (nSPS) is 11.5. The lowest BCUT2D eigenvalue weighted by molar-refractivity contribution is -0.168. The molecule has 0 saturated carbocycles. The molecule has 168 valence electrons. The Labute approximate surface area is 187 Å². The van der Waals surface area contributed by atoms with Gasteiger partial charge in [-0.1, -0.05) is 57.0 Å². The number of carbonyl (C=O) groups excluding carboxylic acids is 2. The average Bonchev–Trinajstić information content (AvgIpc) is 2.74. The predicted molar refractivity (Wildman–Crippen MR) is 124 cm³/mol. The molecule has 0 aromatic heterocycles. The van der Waals surface area contributed by atoms with Gasteiger partial charge in [0.15, 0.2) is 5.41 Å². The Morgan fingerprint density at radius 1 is 0.968 bits per heavy atom. The van der Waals surface area contributed by atoms with Crippen LogP contribution in [0.1, 0.15) is 66.4 Å².